The summed E-state index contributed by atoms with van der Waals surface area (Å²) in [7, 11) is -9.98. The van der Waals surface area contributed by atoms with Crippen molar-refractivity contribution in [2.24, 2.45) is 20.5 Å². The Labute approximate surface area is 215 Å². The molecule has 4 rings (SSSR count). The zero-order chi connectivity index (χ0) is 27.0. The molecule has 0 fully saturated rings. The van der Waals surface area contributed by atoms with Crippen LogP contribution in [0.1, 0.15) is 0 Å². The Hall–Kier alpha value is -3.95. The van der Waals surface area contributed by atoms with Crippen molar-refractivity contribution in [3.8, 4) is 5.75 Å². The van der Waals surface area contributed by atoms with Gasteiger partial charge in [-0.1, -0.05) is 41.9 Å². The van der Waals surface area contributed by atoms with E-state index >= 15 is 0 Å². The fraction of sp³-hybridized carbons (Fsp3) is 0. The van der Waals surface area contributed by atoms with Gasteiger partial charge in [0, 0.05) is 0 Å². The number of aromatic hydroxyl groups is 1. The van der Waals surface area contributed by atoms with Gasteiger partial charge in [0.25, 0.3) is 20.2 Å². The monoisotopic (exact) mass is 561 g/mol. The molecule has 0 bridgehead atoms. The number of nitrogen functional groups attached to an aromatic ring is 1. The topological polar surface area (TPSA) is 204 Å². The number of halogens is 1. The van der Waals surface area contributed by atoms with Gasteiger partial charge in [-0.25, -0.2) is 0 Å². The van der Waals surface area contributed by atoms with Gasteiger partial charge in [-0.3, -0.25) is 9.11 Å². The number of benzene rings is 4. The van der Waals surface area contributed by atoms with Crippen LogP contribution >= 0.6 is 11.6 Å². The largest absolute Gasteiger partial charge is 0.505 e. The summed E-state index contributed by atoms with van der Waals surface area (Å²) < 4.78 is 68.0. The summed E-state index contributed by atoms with van der Waals surface area (Å²) in [6.45, 7) is 0. The molecule has 190 valence electrons. The number of nitrogens with zero attached hydrogens (tertiary/aromatic N) is 4. The number of fused-ring (bicyclic) bond motifs is 1. The van der Waals surface area contributed by atoms with E-state index in [-0.39, 0.29) is 21.5 Å². The van der Waals surface area contributed by atoms with Crippen molar-refractivity contribution in [2.75, 3.05) is 5.73 Å². The molecule has 0 atom stereocenters. The molecule has 0 aliphatic rings. The SMILES string of the molecule is Nc1c(N=Nc2ccccc2Cl)c(S(=O)(=O)O)cc2cc(S(=O)(=O)O)c(N=Nc3ccccc3)c(O)c12. The fourth-order valence-corrected chi connectivity index (χ4v) is 4.85. The van der Waals surface area contributed by atoms with E-state index in [4.69, 9.17) is 17.3 Å². The van der Waals surface area contributed by atoms with Gasteiger partial charge in [0.15, 0.2) is 5.75 Å². The third-order valence-corrected chi connectivity index (χ3v) is 7.06. The minimum Gasteiger partial charge on any atom is -0.505 e. The normalized spacial score (nSPS) is 12.6. The van der Waals surface area contributed by atoms with Gasteiger partial charge in [0.1, 0.15) is 26.9 Å². The van der Waals surface area contributed by atoms with E-state index in [0.717, 1.165) is 12.1 Å². The molecule has 37 heavy (non-hydrogen) atoms. The fourth-order valence-electron chi connectivity index (χ4n) is 3.34. The third kappa shape index (κ3) is 5.42. The lowest BCUT2D eigenvalue weighted by Crippen LogP contribution is -2.03. The van der Waals surface area contributed by atoms with Gasteiger partial charge in [0.05, 0.1) is 21.8 Å². The molecular formula is C22H16ClN5O7S2. The molecule has 5 N–H and O–H groups in total. The van der Waals surface area contributed by atoms with Crippen molar-refractivity contribution in [1.29, 1.82) is 0 Å². The second kappa shape index (κ2) is 9.84. The molecule has 12 nitrogen and oxygen atoms in total. The van der Waals surface area contributed by atoms with E-state index < -0.39 is 52.8 Å². The first kappa shape index (κ1) is 26.1. The van der Waals surface area contributed by atoms with Crippen LogP contribution < -0.4 is 5.73 Å². The summed E-state index contributed by atoms with van der Waals surface area (Å²) in [6, 6.07) is 16.0. The summed E-state index contributed by atoms with van der Waals surface area (Å²) >= 11 is 6.05. The van der Waals surface area contributed by atoms with Crippen LogP contribution in [0.15, 0.2) is 97.0 Å². The van der Waals surface area contributed by atoms with Crippen molar-refractivity contribution < 1.29 is 31.0 Å². The van der Waals surface area contributed by atoms with E-state index in [1.54, 1.807) is 42.5 Å². The highest BCUT2D eigenvalue weighted by Crippen LogP contribution is 2.48. The maximum absolute atomic E-state index is 12.1. The van der Waals surface area contributed by atoms with Crippen molar-refractivity contribution in [2.45, 2.75) is 9.79 Å². The lowest BCUT2D eigenvalue weighted by molar-refractivity contribution is 0.472. The van der Waals surface area contributed by atoms with Crippen molar-refractivity contribution in [3.63, 3.8) is 0 Å². The molecule has 15 heteroatoms. The summed E-state index contributed by atoms with van der Waals surface area (Å²) in [6.07, 6.45) is 0. The van der Waals surface area contributed by atoms with Gasteiger partial charge in [-0.15, -0.1) is 15.3 Å². The van der Waals surface area contributed by atoms with E-state index in [1.165, 1.54) is 12.1 Å². The summed E-state index contributed by atoms with van der Waals surface area (Å²) in [5.74, 6) is -0.849. The molecule has 0 amide bonds. The van der Waals surface area contributed by atoms with Crippen molar-refractivity contribution in [1.82, 2.24) is 0 Å². The lowest BCUT2D eigenvalue weighted by Gasteiger charge is -2.14. The van der Waals surface area contributed by atoms with Crippen LogP contribution in [-0.2, 0) is 20.2 Å². The number of anilines is 1. The van der Waals surface area contributed by atoms with E-state index in [2.05, 4.69) is 20.5 Å². The smallest absolute Gasteiger partial charge is 0.296 e. The molecule has 4 aromatic rings. The number of hydrogen-bond acceptors (Lipinski definition) is 10. The summed E-state index contributed by atoms with van der Waals surface area (Å²) in [4.78, 5) is -1.73. The first-order chi connectivity index (χ1) is 17.4. The van der Waals surface area contributed by atoms with E-state index in [0.29, 0.717) is 5.69 Å². The molecule has 0 aliphatic heterocycles. The minimum atomic E-state index is -5.00. The Morgan fingerprint density at radius 1 is 0.730 bits per heavy atom. The van der Waals surface area contributed by atoms with Gasteiger partial charge in [-0.2, -0.15) is 21.9 Å². The average Bonchev–Trinajstić information content (AvgIpc) is 2.82. The molecule has 0 saturated heterocycles. The third-order valence-electron chi connectivity index (χ3n) is 5.00. The number of phenols is 1. The lowest BCUT2D eigenvalue weighted by atomic mass is 10.1. The Bertz CT molecular complexity index is 1810. The minimum absolute atomic E-state index is 0.147. The Balaban J connectivity index is 2.05. The van der Waals surface area contributed by atoms with Crippen LogP contribution in [0.4, 0.5) is 28.4 Å². The Kier molecular flexibility index (Phi) is 6.94. The standard InChI is InChI=1S/C22H16ClN5O7S2/c23-14-8-4-5-9-15(14)26-27-20-16(36(30,31)32)10-12-11-17(37(33,34)35)21(22(29)18(12)19(20)24)28-25-13-6-2-1-3-7-13/h1-11,29H,24H2,(H,30,31,32)(H,33,34,35). The second-order valence-electron chi connectivity index (χ2n) is 7.44. The van der Waals surface area contributed by atoms with Crippen LogP contribution in [0.3, 0.4) is 0 Å². The molecule has 0 aromatic heterocycles. The molecular weight excluding hydrogens is 546 g/mol. The van der Waals surface area contributed by atoms with Gasteiger partial charge >= 0.3 is 0 Å². The predicted molar refractivity (Wildman–Crippen MR) is 136 cm³/mol. The molecule has 0 radical (unpaired) electrons. The van der Waals surface area contributed by atoms with Crippen LogP contribution in [0.5, 0.6) is 5.75 Å². The number of rotatable bonds is 6. The highest BCUT2D eigenvalue weighted by atomic mass is 35.5. The second-order valence-corrected chi connectivity index (χ2v) is 10.6. The molecule has 0 heterocycles. The molecule has 0 aliphatic carbocycles. The van der Waals surface area contributed by atoms with Crippen LogP contribution in [-0.4, -0.2) is 31.0 Å². The molecule has 0 saturated carbocycles. The summed E-state index contributed by atoms with van der Waals surface area (Å²) in [5, 5.41) is 26.0. The van der Waals surface area contributed by atoms with Crippen molar-refractivity contribution in [3.05, 3.63) is 71.8 Å². The molecule has 4 aromatic carbocycles. The molecule has 0 unspecified atom stereocenters. The van der Waals surface area contributed by atoms with E-state index in [1.807, 2.05) is 0 Å². The maximum atomic E-state index is 12.1. The van der Waals surface area contributed by atoms with Crippen LogP contribution in [0.25, 0.3) is 10.8 Å². The number of azo groups is 2. The predicted octanol–water partition coefficient (Wildman–Crippen LogP) is 6.11. The zero-order valence-electron chi connectivity index (χ0n) is 18.4. The highest BCUT2D eigenvalue weighted by molar-refractivity contribution is 7.86. The van der Waals surface area contributed by atoms with Crippen LogP contribution in [0.2, 0.25) is 5.02 Å². The van der Waals surface area contributed by atoms with Crippen molar-refractivity contribution >= 4 is 71.0 Å². The first-order valence-electron chi connectivity index (χ1n) is 10.1. The Morgan fingerprint density at radius 3 is 1.86 bits per heavy atom. The van der Waals surface area contributed by atoms with Crippen LogP contribution in [0, 0.1) is 0 Å². The maximum Gasteiger partial charge on any atom is 0.296 e. The van der Waals surface area contributed by atoms with Gasteiger partial charge in [-0.05, 0) is 41.8 Å². The first-order valence-corrected chi connectivity index (χ1v) is 13.3. The number of phenolic OH excluding ortho intramolecular Hbond substituents is 1. The number of hydrogen-bond donors (Lipinski definition) is 4. The van der Waals surface area contributed by atoms with Gasteiger partial charge in [0.2, 0.25) is 0 Å². The van der Waals surface area contributed by atoms with E-state index in [9.17, 15) is 31.0 Å². The average molecular weight is 562 g/mol. The van der Waals surface area contributed by atoms with Gasteiger partial charge < -0.3 is 10.8 Å². The highest BCUT2D eigenvalue weighted by Gasteiger charge is 2.28. The zero-order valence-corrected chi connectivity index (χ0v) is 20.8. The Morgan fingerprint density at radius 2 is 1.27 bits per heavy atom. The molecule has 0 spiro atoms. The summed E-state index contributed by atoms with van der Waals surface area (Å²) in [5.41, 5.74) is 4.88. The number of nitrogens with two attached hydrogens (primary N) is 1. The quantitative estimate of drug-likeness (QED) is 0.122.